The van der Waals surface area contributed by atoms with Crippen LogP contribution in [0.4, 0.5) is 5.69 Å². The quantitative estimate of drug-likeness (QED) is 0.835. The van der Waals surface area contributed by atoms with Crippen LogP contribution >= 0.6 is 0 Å². The van der Waals surface area contributed by atoms with Crippen molar-refractivity contribution in [3.8, 4) is 0 Å². The van der Waals surface area contributed by atoms with Crippen LogP contribution in [-0.2, 0) is 10.2 Å². The van der Waals surface area contributed by atoms with Gasteiger partial charge in [-0.25, -0.2) is 0 Å². The van der Waals surface area contributed by atoms with Crippen LogP contribution in [0.15, 0.2) is 24.3 Å². The molecule has 1 heterocycles. The molecule has 1 amide bonds. The fourth-order valence-corrected chi connectivity index (χ4v) is 2.79. The van der Waals surface area contributed by atoms with Crippen molar-refractivity contribution in [1.82, 2.24) is 10.2 Å². The average molecular weight is 289 g/mol. The number of nitrogens with one attached hydrogen (secondary N) is 1. The second-order valence-electron chi connectivity index (χ2n) is 6.43. The lowest BCUT2D eigenvalue weighted by molar-refractivity contribution is -0.126. The van der Waals surface area contributed by atoms with E-state index in [9.17, 15) is 4.79 Å². The summed E-state index contributed by atoms with van der Waals surface area (Å²) < 4.78 is 0. The van der Waals surface area contributed by atoms with Crippen molar-refractivity contribution in [2.45, 2.75) is 45.1 Å². The normalized spacial score (nSPS) is 17.7. The number of hydrogen-bond donors (Lipinski definition) is 2. The van der Waals surface area contributed by atoms with Gasteiger partial charge in [-0.2, -0.15) is 0 Å². The molecule has 1 aromatic rings. The zero-order chi connectivity index (χ0) is 15.5. The molecule has 0 radical (unpaired) electrons. The summed E-state index contributed by atoms with van der Waals surface area (Å²) >= 11 is 0. The van der Waals surface area contributed by atoms with Gasteiger partial charge in [0.05, 0.1) is 5.41 Å². The van der Waals surface area contributed by atoms with E-state index in [2.05, 4.69) is 17.1 Å². The third-order valence-electron chi connectivity index (χ3n) is 4.57. The van der Waals surface area contributed by atoms with Gasteiger partial charge >= 0.3 is 0 Å². The zero-order valence-electron chi connectivity index (χ0n) is 13.4. The fraction of sp³-hybridized carbons (Fsp3) is 0.588. The molecule has 1 saturated heterocycles. The Morgan fingerprint density at radius 1 is 1.29 bits per heavy atom. The fourth-order valence-electron chi connectivity index (χ4n) is 2.79. The van der Waals surface area contributed by atoms with Gasteiger partial charge in [-0.1, -0.05) is 19.1 Å². The van der Waals surface area contributed by atoms with Crippen molar-refractivity contribution in [2.75, 3.05) is 25.4 Å². The van der Waals surface area contributed by atoms with Gasteiger partial charge in [0.2, 0.25) is 5.91 Å². The van der Waals surface area contributed by atoms with Crippen LogP contribution in [0.5, 0.6) is 0 Å². The first-order valence-corrected chi connectivity index (χ1v) is 7.83. The molecule has 0 unspecified atom stereocenters. The second-order valence-corrected chi connectivity index (χ2v) is 6.43. The van der Waals surface area contributed by atoms with E-state index in [1.54, 1.807) is 0 Å². The first-order valence-electron chi connectivity index (χ1n) is 7.83. The monoisotopic (exact) mass is 289 g/mol. The Morgan fingerprint density at radius 2 is 1.86 bits per heavy atom. The van der Waals surface area contributed by atoms with E-state index in [1.807, 2.05) is 38.1 Å². The minimum Gasteiger partial charge on any atom is -0.399 e. The van der Waals surface area contributed by atoms with Crippen molar-refractivity contribution in [3.05, 3.63) is 29.8 Å². The largest absolute Gasteiger partial charge is 0.399 e. The molecule has 4 nitrogen and oxygen atoms in total. The number of rotatable bonds is 4. The second kappa shape index (κ2) is 6.48. The molecule has 1 aliphatic rings. The summed E-state index contributed by atoms with van der Waals surface area (Å²) in [5.41, 5.74) is 6.91. The van der Waals surface area contributed by atoms with Gasteiger partial charge < -0.3 is 16.0 Å². The highest BCUT2D eigenvalue weighted by Gasteiger charge is 2.31. The number of carbonyl (C=O) groups is 1. The minimum absolute atomic E-state index is 0.0993. The van der Waals surface area contributed by atoms with Crippen molar-refractivity contribution >= 4 is 11.6 Å². The molecule has 2 rings (SSSR count). The van der Waals surface area contributed by atoms with E-state index >= 15 is 0 Å². The molecular weight excluding hydrogens is 262 g/mol. The summed E-state index contributed by atoms with van der Waals surface area (Å²) in [7, 11) is 0. The van der Waals surface area contributed by atoms with Crippen LogP contribution in [0.1, 0.15) is 39.2 Å². The third kappa shape index (κ3) is 3.76. The van der Waals surface area contributed by atoms with Gasteiger partial charge in [0.25, 0.3) is 0 Å². The van der Waals surface area contributed by atoms with Crippen molar-refractivity contribution in [3.63, 3.8) is 0 Å². The number of benzene rings is 1. The van der Waals surface area contributed by atoms with E-state index in [-0.39, 0.29) is 5.91 Å². The Balaban J connectivity index is 1.97. The smallest absolute Gasteiger partial charge is 0.230 e. The van der Waals surface area contributed by atoms with Gasteiger partial charge in [0, 0.05) is 24.8 Å². The zero-order valence-corrected chi connectivity index (χ0v) is 13.4. The molecule has 0 bridgehead atoms. The summed E-state index contributed by atoms with van der Waals surface area (Å²) in [6.07, 6.45) is 2.08. The number of nitrogens with zero attached hydrogens (tertiary/aromatic N) is 1. The molecule has 0 spiro atoms. The van der Waals surface area contributed by atoms with Gasteiger partial charge in [0.15, 0.2) is 0 Å². The molecule has 0 saturated carbocycles. The van der Waals surface area contributed by atoms with Gasteiger partial charge in [-0.15, -0.1) is 0 Å². The maximum atomic E-state index is 12.6. The third-order valence-corrected chi connectivity index (χ3v) is 4.57. The van der Waals surface area contributed by atoms with E-state index in [1.165, 1.54) is 0 Å². The molecule has 1 aliphatic heterocycles. The van der Waals surface area contributed by atoms with E-state index in [0.717, 1.165) is 43.7 Å². The Morgan fingerprint density at radius 3 is 2.38 bits per heavy atom. The number of nitrogens with two attached hydrogens (primary N) is 1. The number of amides is 1. The van der Waals surface area contributed by atoms with Gasteiger partial charge in [-0.05, 0) is 50.9 Å². The first kappa shape index (κ1) is 15.8. The highest BCUT2D eigenvalue weighted by atomic mass is 16.2. The molecule has 1 fully saturated rings. The predicted octanol–water partition coefficient (Wildman–Crippen LogP) is 2.15. The standard InChI is InChI=1S/C17H27N3O/c1-4-20-11-9-15(10-12-20)19-16(21)17(2,3)13-5-7-14(18)8-6-13/h5-8,15H,4,9-12,18H2,1-3H3,(H,19,21). The van der Waals surface area contributed by atoms with Crippen LogP contribution in [0, 0.1) is 0 Å². The number of likely N-dealkylation sites (tertiary alicyclic amines) is 1. The lowest BCUT2D eigenvalue weighted by atomic mass is 9.83. The molecule has 3 N–H and O–H groups in total. The lowest BCUT2D eigenvalue weighted by Gasteiger charge is -2.34. The Hall–Kier alpha value is -1.55. The van der Waals surface area contributed by atoms with E-state index in [4.69, 9.17) is 5.73 Å². The minimum atomic E-state index is -0.532. The van der Waals surface area contributed by atoms with Gasteiger partial charge in [-0.3, -0.25) is 4.79 Å². The SMILES string of the molecule is CCN1CCC(NC(=O)C(C)(C)c2ccc(N)cc2)CC1. The molecule has 0 aromatic heterocycles. The van der Waals surface area contributed by atoms with Crippen LogP contribution < -0.4 is 11.1 Å². The maximum Gasteiger partial charge on any atom is 0.230 e. The van der Waals surface area contributed by atoms with E-state index in [0.29, 0.717) is 6.04 Å². The number of piperidine rings is 1. The molecule has 21 heavy (non-hydrogen) atoms. The number of carbonyl (C=O) groups excluding carboxylic acids is 1. The van der Waals surface area contributed by atoms with Crippen LogP contribution in [0.25, 0.3) is 0 Å². The summed E-state index contributed by atoms with van der Waals surface area (Å²) in [5.74, 6) is 0.0993. The topological polar surface area (TPSA) is 58.4 Å². The molecule has 116 valence electrons. The summed E-state index contributed by atoms with van der Waals surface area (Å²) in [6, 6.07) is 7.88. The van der Waals surface area contributed by atoms with Crippen LogP contribution in [-0.4, -0.2) is 36.5 Å². The van der Waals surface area contributed by atoms with Gasteiger partial charge in [0.1, 0.15) is 0 Å². The van der Waals surface area contributed by atoms with Crippen LogP contribution in [0.3, 0.4) is 0 Å². The lowest BCUT2D eigenvalue weighted by Crippen LogP contribution is -2.49. The Labute approximate surface area is 127 Å². The molecule has 0 aliphatic carbocycles. The predicted molar refractivity (Wildman–Crippen MR) is 87.2 cm³/mol. The number of anilines is 1. The molecular formula is C17H27N3O. The maximum absolute atomic E-state index is 12.6. The average Bonchev–Trinajstić information content (AvgIpc) is 2.48. The molecule has 4 heteroatoms. The Bertz CT molecular complexity index is 473. The number of nitrogen functional groups attached to an aromatic ring is 1. The summed E-state index contributed by atoms with van der Waals surface area (Å²) in [6.45, 7) is 9.36. The summed E-state index contributed by atoms with van der Waals surface area (Å²) in [5, 5.41) is 3.22. The molecule has 0 atom stereocenters. The van der Waals surface area contributed by atoms with Crippen molar-refractivity contribution in [1.29, 1.82) is 0 Å². The number of hydrogen-bond acceptors (Lipinski definition) is 3. The van der Waals surface area contributed by atoms with Crippen LogP contribution in [0.2, 0.25) is 0 Å². The van der Waals surface area contributed by atoms with Crippen molar-refractivity contribution < 1.29 is 4.79 Å². The van der Waals surface area contributed by atoms with Crippen molar-refractivity contribution in [2.24, 2.45) is 0 Å². The highest BCUT2D eigenvalue weighted by Crippen LogP contribution is 2.25. The Kier molecular flexibility index (Phi) is 4.88. The summed E-state index contributed by atoms with van der Waals surface area (Å²) in [4.78, 5) is 15.0. The van der Waals surface area contributed by atoms with E-state index < -0.39 is 5.41 Å². The highest BCUT2D eigenvalue weighted by molar-refractivity contribution is 5.87. The first-order chi connectivity index (χ1) is 9.93. The molecule has 1 aromatic carbocycles.